The summed E-state index contributed by atoms with van der Waals surface area (Å²) in [6.07, 6.45) is 0. The highest BCUT2D eigenvalue weighted by Crippen LogP contribution is 2.31. The average Bonchev–Trinajstić information content (AvgIpc) is 2.84. The summed E-state index contributed by atoms with van der Waals surface area (Å²) < 4.78 is 6.33. The third-order valence-corrected chi connectivity index (χ3v) is 7.34. The van der Waals surface area contributed by atoms with Crippen molar-refractivity contribution in [2.75, 3.05) is 31.1 Å². The van der Waals surface area contributed by atoms with Gasteiger partial charge in [0.2, 0.25) is 11.8 Å². The van der Waals surface area contributed by atoms with E-state index in [-0.39, 0.29) is 18.5 Å². The minimum absolute atomic E-state index is 0.149. The fraction of sp³-hybridized carbons (Fsp3) is 0.467. The molecule has 1 atom stereocenters. The number of carbonyl (C=O) groups is 1. The third kappa shape index (κ3) is 5.96. The lowest BCUT2D eigenvalue weighted by Crippen LogP contribution is -2.54. The van der Waals surface area contributed by atoms with Crippen molar-refractivity contribution in [2.24, 2.45) is 5.73 Å². The molecule has 0 spiro atoms. The van der Waals surface area contributed by atoms with Crippen LogP contribution < -0.4 is 15.4 Å². The van der Waals surface area contributed by atoms with Crippen LogP contribution >= 0.6 is 0 Å². The number of rotatable bonds is 8. The smallest absolute Gasteiger partial charge is 0.231 e. The van der Waals surface area contributed by atoms with Crippen LogP contribution in [0.15, 0.2) is 30.3 Å². The van der Waals surface area contributed by atoms with Crippen LogP contribution in [0.3, 0.4) is 0 Å². The third-order valence-electron chi connectivity index (χ3n) is 7.34. The second-order valence-electron chi connectivity index (χ2n) is 10.7. The highest BCUT2D eigenvalue weighted by Gasteiger charge is 2.28. The molecular weight excluding hydrogens is 476 g/mol. The molecular formula is C30H40N6O2. The zero-order chi connectivity index (χ0) is 27.6. The Morgan fingerprint density at radius 1 is 1.03 bits per heavy atom. The van der Waals surface area contributed by atoms with Gasteiger partial charge in [-0.25, -0.2) is 15.0 Å². The molecule has 1 unspecified atom stereocenters. The second kappa shape index (κ2) is 11.5. The number of anilines is 1. The molecule has 3 aromatic rings. The summed E-state index contributed by atoms with van der Waals surface area (Å²) in [7, 11) is 0. The Bertz CT molecular complexity index is 1300. The summed E-state index contributed by atoms with van der Waals surface area (Å²) >= 11 is 0. The second-order valence-corrected chi connectivity index (χ2v) is 10.7. The Morgan fingerprint density at radius 2 is 1.74 bits per heavy atom. The zero-order valence-electron chi connectivity index (χ0n) is 23.7. The first-order valence-electron chi connectivity index (χ1n) is 13.4. The SMILES string of the molecule is Cc1ccc(C(C)C)nc1OCc1c(C)nc(-c2c(C)cccc2C)nc1N1CCN(CC(N)=O)C(C)C1. The van der Waals surface area contributed by atoms with Gasteiger partial charge >= 0.3 is 0 Å². The Balaban J connectivity index is 1.73. The summed E-state index contributed by atoms with van der Waals surface area (Å²) in [5.41, 5.74) is 12.7. The van der Waals surface area contributed by atoms with Crippen LogP contribution in [-0.4, -0.2) is 58.0 Å². The maximum atomic E-state index is 11.6. The molecule has 8 heteroatoms. The van der Waals surface area contributed by atoms with Crippen molar-refractivity contribution < 1.29 is 9.53 Å². The van der Waals surface area contributed by atoms with Gasteiger partial charge in [-0.2, -0.15) is 0 Å². The van der Waals surface area contributed by atoms with Crippen LogP contribution in [0.1, 0.15) is 60.3 Å². The topological polar surface area (TPSA) is 97.5 Å². The van der Waals surface area contributed by atoms with E-state index in [4.69, 9.17) is 25.4 Å². The number of benzene rings is 1. The molecule has 1 saturated heterocycles. The molecule has 202 valence electrons. The summed E-state index contributed by atoms with van der Waals surface area (Å²) in [6.45, 7) is 17.4. The van der Waals surface area contributed by atoms with Crippen LogP contribution in [0.4, 0.5) is 5.82 Å². The molecule has 4 rings (SSSR count). The van der Waals surface area contributed by atoms with Crippen LogP contribution in [0, 0.1) is 27.7 Å². The fourth-order valence-electron chi connectivity index (χ4n) is 5.05. The van der Waals surface area contributed by atoms with Gasteiger partial charge in [-0.3, -0.25) is 9.69 Å². The molecule has 2 aromatic heterocycles. The normalized spacial score (nSPS) is 16.2. The van der Waals surface area contributed by atoms with Gasteiger partial charge in [0.15, 0.2) is 5.82 Å². The van der Waals surface area contributed by atoms with Gasteiger partial charge in [-0.05, 0) is 57.7 Å². The van der Waals surface area contributed by atoms with E-state index < -0.39 is 0 Å². The van der Waals surface area contributed by atoms with Gasteiger partial charge in [0.1, 0.15) is 12.4 Å². The Morgan fingerprint density at radius 3 is 2.37 bits per heavy atom. The van der Waals surface area contributed by atoms with Crippen molar-refractivity contribution in [3.8, 4) is 17.3 Å². The van der Waals surface area contributed by atoms with Gasteiger partial charge in [0, 0.05) is 42.5 Å². The first-order chi connectivity index (χ1) is 18.0. The standard InChI is InChI=1S/C30H40N6O2/c1-18(2)25-12-11-21(5)30(33-25)38-17-24-23(7)32-28(27-19(3)9-8-10-20(27)4)34-29(24)36-14-13-35(16-26(31)37)22(6)15-36/h8-12,18,22H,13-17H2,1-7H3,(H2,31,37). The summed E-state index contributed by atoms with van der Waals surface area (Å²) in [5, 5.41) is 0. The summed E-state index contributed by atoms with van der Waals surface area (Å²) in [5.74, 6) is 2.24. The predicted octanol–water partition coefficient (Wildman–Crippen LogP) is 4.47. The molecule has 1 aliphatic rings. The van der Waals surface area contributed by atoms with Gasteiger partial charge in [0.05, 0.1) is 17.8 Å². The number of pyridine rings is 1. The number of primary amides is 1. The van der Waals surface area contributed by atoms with Crippen LogP contribution in [0.5, 0.6) is 5.88 Å². The number of aromatic nitrogens is 3. The number of nitrogens with two attached hydrogens (primary N) is 1. The number of aryl methyl sites for hydroxylation is 4. The number of piperazine rings is 1. The molecule has 1 aliphatic heterocycles. The Kier molecular flexibility index (Phi) is 8.31. The van der Waals surface area contributed by atoms with Crippen molar-refractivity contribution >= 4 is 11.7 Å². The monoisotopic (exact) mass is 516 g/mol. The number of amides is 1. The van der Waals surface area contributed by atoms with E-state index in [0.29, 0.717) is 18.4 Å². The minimum atomic E-state index is -0.305. The van der Waals surface area contributed by atoms with E-state index in [1.165, 1.54) is 0 Å². The molecule has 1 fully saturated rings. The highest BCUT2D eigenvalue weighted by molar-refractivity contribution is 5.76. The van der Waals surface area contributed by atoms with E-state index in [1.54, 1.807) is 0 Å². The molecule has 2 N–H and O–H groups in total. The lowest BCUT2D eigenvalue weighted by molar-refractivity contribution is -0.119. The number of nitrogens with zero attached hydrogens (tertiary/aromatic N) is 5. The zero-order valence-corrected chi connectivity index (χ0v) is 23.7. The molecule has 1 amide bonds. The maximum Gasteiger partial charge on any atom is 0.231 e. The van der Waals surface area contributed by atoms with Crippen molar-refractivity contribution in [1.29, 1.82) is 0 Å². The van der Waals surface area contributed by atoms with Crippen molar-refractivity contribution in [3.63, 3.8) is 0 Å². The molecule has 0 aliphatic carbocycles. The molecule has 8 nitrogen and oxygen atoms in total. The fourth-order valence-corrected chi connectivity index (χ4v) is 5.05. The maximum absolute atomic E-state index is 11.6. The number of hydrogen-bond acceptors (Lipinski definition) is 7. The predicted molar refractivity (Wildman–Crippen MR) is 152 cm³/mol. The first-order valence-corrected chi connectivity index (χ1v) is 13.4. The van der Waals surface area contributed by atoms with E-state index >= 15 is 0 Å². The van der Waals surface area contributed by atoms with Crippen LogP contribution in [0.25, 0.3) is 11.4 Å². The lowest BCUT2D eigenvalue weighted by atomic mass is 10.0. The molecule has 0 saturated carbocycles. The van der Waals surface area contributed by atoms with Gasteiger partial charge in [-0.15, -0.1) is 0 Å². The lowest BCUT2D eigenvalue weighted by Gasteiger charge is -2.40. The highest BCUT2D eigenvalue weighted by atomic mass is 16.5. The van der Waals surface area contributed by atoms with Crippen molar-refractivity contribution in [2.45, 2.75) is 67.0 Å². The van der Waals surface area contributed by atoms with Crippen LogP contribution in [-0.2, 0) is 11.4 Å². The molecule has 3 heterocycles. The molecule has 1 aromatic carbocycles. The molecule has 0 radical (unpaired) electrons. The average molecular weight is 517 g/mol. The van der Waals surface area contributed by atoms with E-state index in [0.717, 1.165) is 70.5 Å². The van der Waals surface area contributed by atoms with Gasteiger partial charge in [0.25, 0.3) is 0 Å². The number of hydrogen-bond donors (Lipinski definition) is 1. The summed E-state index contributed by atoms with van der Waals surface area (Å²) in [6, 6.07) is 10.5. The Labute approximate surface area is 226 Å². The number of ether oxygens (including phenoxy) is 1. The van der Waals surface area contributed by atoms with Gasteiger partial charge < -0.3 is 15.4 Å². The summed E-state index contributed by atoms with van der Waals surface area (Å²) in [4.78, 5) is 30.9. The largest absolute Gasteiger partial charge is 0.472 e. The van der Waals surface area contributed by atoms with E-state index in [9.17, 15) is 4.79 Å². The van der Waals surface area contributed by atoms with Gasteiger partial charge in [-0.1, -0.05) is 38.1 Å². The molecule has 38 heavy (non-hydrogen) atoms. The van der Waals surface area contributed by atoms with Crippen LogP contribution in [0.2, 0.25) is 0 Å². The quantitative estimate of drug-likeness (QED) is 0.472. The number of carbonyl (C=O) groups excluding carboxylic acids is 1. The first kappa shape index (κ1) is 27.5. The van der Waals surface area contributed by atoms with E-state index in [2.05, 4.69) is 74.8 Å². The Hall–Kier alpha value is -3.52. The van der Waals surface area contributed by atoms with Crippen molar-refractivity contribution in [1.82, 2.24) is 19.9 Å². The van der Waals surface area contributed by atoms with E-state index in [1.807, 2.05) is 13.8 Å². The van der Waals surface area contributed by atoms with Crippen molar-refractivity contribution in [3.05, 3.63) is 64.0 Å². The minimum Gasteiger partial charge on any atom is -0.472 e. The molecule has 0 bridgehead atoms.